The summed E-state index contributed by atoms with van der Waals surface area (Å²) in [6.45, 7) is 5.24. The minimum atomic E-state index is -0.0156. The van der Waals surface area contributed by atoms with Crippen molar-refractivity contribution in [1.82, 2.24) is 15.5 Å². The Bertz CT molecular complexity index is 719. The first-order valence-electron chi connectivity index (χ1n) is 9.29. The molecule has 0 aliphatic heterocycles. The molecule has 0 aliphatic rings. The fourth-order valence-electron chi connectivity index (χ4n) is 2.59. The van der Waals surface area contributed by atoms with E-state index in [1.54, 1.807) is 30.3 Å². The van der Waals surface area contributed by atoms with E-state index in [1.807, 2.05) is 6.07 Å². The molecule has 0 spiro atoms. The maximum atomic E-state index is 11.9. The molecule has 1 heterocycles. The molecule has 0 fully saturated rings. The van der Waals surface area contributed by atoms with Gasteiger partial charge in [0.25, 0.3) is 0 Å². The number of thiophene rings is 1. The van der Waals surface area contributed by atoms with Crippen molar-refractivity contribution in [2.45, 2.75) is 32.2 Å². The van der Waals surface area contributed by atoms with Crippen molar-refractivity contribution in [2.75, 3.05) is 27.2 Å². The highest BCUT2D eigenvalue weighted by molar-refractivity contribution is 14.0. The number of nitrogens with one attached hydrogen (secondary N) is 2. The molecule has 2 N–H and O–H groups in total. The van der Waals surface area contributed by atoms with Gasteiger partial charge in [0.2, 0.25) is 5.91 Å². The highest BCUT2D eigenvalue weighted by atomic mass is 127. The van der Waals surface area contributed by atoms with Crippen LogP contribution in [0, 0.1) is 0 Å². The van der Waals surface area contributed by atoms with Gasteiger partial charge in [-0.2, -0.15) is 0 Å². The van der Waals surface area contributed by atoms with Crippen molar-refractivity contribution in [3.05, 3.63) is 58.3 Å². The summed E-state index contributed by atoms with van der Waals surface area (Å²) in [7, 11) is 3.49. The Balaban J connectivity index is 0.00000392. The van der Waals surface area contributed by atoms with E-state index < -0.39 is 0 Å². The number of nitrogens with zero attached hydrogens (tertiary/aromatic N) is 2. The van der Waals surface area contributed by atoms with E-state index in [0.29, 0.717) is 11.9 Å². The summed E-state index contributed by atoms with van der Waals surface area (Å²) >= 11 is 1.75. The second-order valence-corrected chi connectivity index (χ2v) is 7.87. The lowest BCUT2D eigenvalue weighted by Crippen LogP contribution is -2.45. The van der Waals surface area contributed by atoms with Gasteiger partial charge in [0.05, 0.1) is 0 Å². The van der Waals surface area contributed by atoms with Crippen molar-refractivity contribution >= 4 is 47.2 Å². The zero-order chi connectivity index (χ0) is 19.6. The molecule has 2 aromatic rings. The van der Waals surface area contributed by atoms with E-state index in [0.717, 1.165) is 13.0 Å². The predicted molar refractivity (Wildman–Crippen MR) is 130 cm³/mol. The molecular formula is C21H31IN4OS. The van der Waals surface area contributed by atoms with Crippen molar-refractivity contribution in [2.24, 2.45) is 4.99 Å². The van der Waals surface area contributed by atoms with Crippen LogP contribution in [-0.4, -0.2) is 50.0 Å². The molecule has 1 aromatic heterocycles. The van der Waals surface area contributed by atoms with Crippen LogP contribution >= 0.6 is 35.3 Å². The molecule has 2 unspecified atom stereocenters. The fraction of sp³-hybridized carbons (Fsp3) is 0.429. The molecular weight excluding hydrogens is 483 g/mol. The predicted octanol–water partition coefficient (Wildman–Crippen LogP) is 3.72. The zero-order valence-electron chi connectivity index (χ0n) is 17.0. The number of likely N-dealkylation sites (N-methyl/N-ethyl adjacent to an activating group) is 1. The fourth-order valence-corrected chi connectivity index (χ4v) is 3.29. The van der Waals surface area contributed by atoms with Crippen LogP contribution in [0.2, 0.25) is 0 Å². The third-order valence-corrected chi connectivity index (χ3v) is 5.49. The number of carbonyl (C=O) groups is 1. The molecule has 2 atom stereocenters. The van der Waals surface area contributed by atoms with Crippen LogP contribution in [0.4, 0.5) is 0 Å². The van der Waals surface area contributed by atoms with Gasteiger partial charge in [-0.1, -0.05) is 43.3 Å². The van der Waals surface area contributed by atoms with Crippen molar-refractivity contribution in [3.63, 3.8) is 0 Å². The van der Waals surface area contributed by atoms with E-state index in [4.69, 9.17) is 0 Å². The Labute approximate surface area is 189 Å². The third-order valence-electron chi connectivity index (χ3n) is 4.55. The Hall–Kier alpha value is -1.61. The molecule has 28 heavy (non-hydrogen) atoms. The van der Waals surface area contributed by atoms with Gasteiger partial charge in [0.15, 0.2) is 5.96 Å². The highest BCUT2D eigenvalue weighted by Gasteiger charge is 2.16. The number of amides is 1. The lowest BCUT2D eigenvalue weighted by atomic mass is 9.94. The maximum absolute atomic E-state index is 11.9. The summed E-state index contributed by atoms with van der Waals surface area (Å²) in [5.41, 5.74) is 1.28. The lowest BCUT2D eigenvalue weighted by molar-refractivity contribution is -0.127. The number of carbonyl (C=O) groups excluding carboxylic acids is 1. The number of hydrogen-bond donors (Lipinski definition) is 2. The van der Waals surface area contributed by atoms with Gasteiger partial charge >= 0.3 is 0 Å². The summed E-state index contributed by atoms with van der Waals surface area (Å²) in [6, 6.07) is 14.8. The molecule has 7 heteroatoms. The van der Waals surface area contributed by atoms with Gasteiger partial charge in [0, 0.05) is 37.5 Å². The molecule has 1 amide bonds. The standard InChI is InChI=1S/C21H30N4OS.HI/c1-16(18-9-6-5-7-10-18)17(2)24-21(23-15-20(26)25(3)4)22-13-12-19-11-8-14-27-19;/h5-11,14,16-17H,12-13,15H2,1-4H3,(H2,22,23,24);1H. The summed E-state index contributed by atoms with van der Waals surface area (Å²) in [5.74, 6) is 0.982. The molecule has 0 aliphatic carbocycles. The molecule has 0 radical (unpaired) electrons. The van der Waals surface area contributed by atoms with Crippen molar-refractivity contribution in [3.8, 4) is 0 Å². The monoisotopic (exact) mass is 514 g/mol. The molecule has 0 saturated carbocycles. The summed E-state index contributed by atoms with van der Waals surface area (Å²) in [6.07, 6.45) is 0.933. The van der Waals surface area contributed by atoms with E-state index in [-0.39, 0.29) is 42.5 Å². The van der Waals surface area contributed by atoms with Gasteiger partial charge in [-0.15, -0.1) is 35.3 Å². The number of benzene rings is 1. The van der Waals surface area contributed by atoms with Crippen LogP contribution in [0.5, 0.6) is 0 Å². The number of guanidine groups is 1. The molecule has 0 bridgehead atoms. The van der Waals surface area contributed by atoms with Gasteiger partial charge in [-0.25, -0.2) is 4.99 Å². The average Bonchev–Trinajstić information content (AvgIpc) is 3.19. The van der Waals surface area contributed by atoms with E-state index in [9.17, 15) is 4.79 Å². The van der Waals surface area contributed by atoms with Crippen molar-refractivity contribution in [1.29, 1.82) is 0 Å². The van der Waals surface area contributed by atoms with Gasteiger partial charge in [0.1, 0.15) is 6.54 Å². The molecule has 0 saturated heterocycles. The van der Waals surface area contributed by atoms with E-state index >= 15 is 0 Å². The quantitative estimate of drug-likeness (QED) is 0.321. The number of rotatable bonds is 8. The second-order valence-electron chi connectivity index (χ2n) is 6.84. The van der Waals surface area contributed by atoms with Crippen LogP contribution in [-0.2, 0) is 11.2 Å². The van der Waals surface area contributed by atoms with Crippen LogP contribution < -0.4 is 10.6 Å². The smallest absolute Gasteiger partial charge is 0.243 e. The number of aliphatic imine (C=N–C) groups is 1. The lowest BCUT2D eigenvalue weighted by Gasteiger charge is -2.24. The van der Waals surface area contributed by atoms with Crippen LogP contribution in [0.15, 0.2) is 52.8 Å². The van der Waals surface area contributed by atoms with Gasteiger partial charge in [-0.3, -0.25) is 4.79 Å². The van der Waals surface area contributed by atoms with Crippen LogP contribution in [0.25, 0.3) is 0 Å². The first-order chi connectivity index (χ1) is 13.0. The van der Waals surface area contributed by atoms with Crippen LogP contribution in [0.3, 0.4) is 0 Å². The summed E-state index contributed by atoms with van der Waals surface area (Å²) in [5, 5.41) is 8.91. The van der Waals surface area contributed by atoms with E-state index in [1.165, 1.54) is 10.4 Å². The summed E-state index contributed by atoms with van der Waals surface area (Å²) < 4.78 is 0. The topological polar surface area (TPSA) is 56.7 Å². The Morgan fingerprint density at radius 2 is 1.86 bits per heavy atom. The Kier molecular flexibility index (Phi) is 11.1. The minimum Gasteiger partial charge on any atom is -0.356 e. The average molecular weight is 514 g/mol. The van der Waals surface area contributed by atoms with Crippen molar-refractivity contribution < 1.29 is 4.79 Å². The van der Waals surface area contributed by atoms with Crippen LogP contribution in [0.1, 0.15) is 30.2 Å². The minimum absolute atomic E-state index is 0. The zero-order valence-corrected chi connectivity index (χ0v) is 20.2. The number of hydrogen-bond acceptors (Lipinski definition) is 3. The maximum Gasteiger partial charge on any atom is 0.243 e. The summed E-state index contributed by atoms with van der Waals surface area (Å²) in [4.78, 5) is 19.3. The second kappa shape index (κ2) is 12.8. The number of halogens is 1. The van der Waals surface area contributed by atoms with Gasteiger partial charge < -0.3 is 15.5 Å². The molecule has 154 valence electrons. The molecule has 2 rings (SSSR count). The largest absolute Gasteiger partial charge is 0.356 e. The molecule has 1 aromatic carbocycles. The highest BCUT2D eigenvalue weighted by Crippen LogP contribution is 2.18. The normalized spacial score (nSPS) is 13.2. The van der Waals surface area contributed by atoms with E-state index in [2.05, 4.69) is 71.3 Å². The third kappa shape index (κ3) is 8.18. The molecule has 5 nitrogen and oxygen atoms in total. The first-order valence-corrected chi connectivity index (χ1v) is 10.2. The first kappa shape index (κ1) is 24.4. The Morgan fingerprint density at radius 1 is 1.14 bits per heavy atom. The Morgan fingerprint density at radius 3 is 2.46 bits per heavy atom. The SMILES string of the molecule is CC(NC(=NCC(=O)N(C)C)NCCc1cccs1)C(C)c1ccccc1.I. The van der Waals surface area contributed by atoms with Gasteiger partial charge in [-0.05, 0) is 30.4 Å².